The van der Waals surface area contributed by atoms with Gasteiger partial charge in [0.15, 0.2) is 0 Å². The lowest BCUT2D eigenvalue weighted by Crippen LogP contribution is -2.30. The zero-order chi connectivity index (χ0) is 22.4. The van der Waals surface area contributed by atoms with Crippen molar-refractivity contribution in [1.29, 1.82) is 0 Å². The maximum atomic E-state index is 12.6. The van der Waals surface area contributed by atoms with Crippen molar-refractivity contribution >= 4 is 33.0 Å². The van der Waals surface area contributed by atoms with Gasteiger partial charge in [-0.1, -0.05) is 13.8 Å². The number of anilines is 3. The highest BCUT2D eigenvalue weighted by Crippen LogP contribution is 2.31. The molecule has 2 aromatic rings. The van der Waals surface area contributed by atoms with E-state index in [1.807, 2.05) is 0 Å². The van der Waals surface area contributed by atoms with Crippen LogP contribution in [0.1, 0.15) is 26.7 Å². The number of aromatic nitrogens is 2. The molecule has 0 spiro atoms. The molecule has 168 valence electrons. The van der Waals surface area contributed by atoms with Crippen LogP contribution in [0, 0.1) is 10.1 Å². The Morgan fingerprint density at radius 2 is 1.87 bits per heavy atom. The standard InChI is InChI=1S/C19H26N6O5S/c1-3-24(4-2)31(28,29)16-9-7-14(8-10-16)23-19-17(25(26)27)18(21-13-22-19)20-12-15-6-5-11-30-15/h7-10,13,15H,3-6,11-12H2,1-2H3,(H2,20,21,22,23). The molecule has 0 aliphatic carbocycles. The number of ether oxygens (including phenoxy) is 1. The first-order valence-corrected chi connectivity index (χ1v) is 11.5. The Hall–Kier alpha value is -2.83. The topological polar surface area (TPSA) is 140 Å². The fourth-order valence-electron chi connectivity index (χ4n) is 3.35. The second kappa shape index (κ2) is 9.98. The van der Waals surface area contributed by atoms with Crippen molar-refractivity contribution in [3.63, 3.8) is 0 Å². The fraction of sp³-hybridized carbons (Fsp3) is 0.474. The number of sulfonamides is 1. The Bertz CT molecular complexity index is 1000. The second-order valence-electron chi connectivity index (χ2n) is 6.93. The third kappa shape index (κ3) is 5.27. The summed E-state index contributed by atoms with van der Waals surface area (Å²) in [6.45, 7) is 5.38. The predicted octanol–water partition coefficient (Wildman–Crippen LogP) is 2.75. The molecule has 0 saturated carbocycles. The minimum atomic E-state index is -3.58. The lowest BCUT2D eigenvalue weighted by atomic mass is 10.2. The Morgan fingerprint density at radius 1 is 1.19 bits per heavy atom. The van der Waals surface area contributed by atoms with Crippen LogP contribution in [0.3, 0.4) is 0 Å². The fourth-order valence-corrected chi connectivity index (χ4v) is 4.81. The van der Waals surface area contributed by atoms with E-state index in [0.29, 0.717) is 31.9 Å². The molecule has 2 N–H and O–H groups in total. The van der Waals surface area contributed by atoms with Crippen LogP contribution in [-0.4, -0.2) is 60.0 Å². The molecular formula is C19H26N6O5S. The van der Waals surface area contributed by atoms with Crippen molar-refractivity contribution in [2.24, 2.45) is 0 Å². The zero-order valence-corrected chi connectivity index (χ0v) is 18.3. The van der Waals surface area contributed by atoms with Crippen molar-refractivity contribution < 1.29 is 18.1 Å². The smallest absolute Gasteiger partial charge is 0.353 e. The molecule has 1 aliphatic rings. The first kappa shape index (κ1) is 22.8. The van der Waals surface area contributed by atoms with Crippen LogP contribution in [0.4, 0.5) is 23.0 Å². The molecule has 11 nitrogen and oxygen atoms in total. The van der Waals surface area contributed by atoms with Gasteiger partial charge in [-0.2, -0.15) is 4.31 Å². The molecule has 0 amide bonds. The first-order chi connectivity index (χ1) is 14.9. The van der Waals surface area contributed by atoms with E-state index < -0.39 is 14.9 Å². The molecule has 0 bridgehead atoms. The summed E-state index contributed by atoms with van der Waals surface area (Å²) in [4.78, 5) is 19.3. The number of nitrogens with zero attached hydrogens (tertiary/aromatic N) is 4. The molecule has 1 atom stereocenters. The molecule has 1 unspecified atom stereocenters. The molecule has 1 saturated heterocycles. The van der Waals surface area contributed by atoms with E-state index >= 15 is 0 Å². The van der Waals surface area contributed by atoms with Crippen molar-refractivity contribution in [3.8, 4) is 0 Å². The van der Waals surface area contributed by atoms with Crippen molar-refractivity contribution in [3.05, 3.63) is 40.7 Å². The number of nitrogens with one attached hydrogen (secondary N) is 2. The SMILES string of the molecule is CCN(CC)S(=O)(=O)c1ccc(Nc2ncnc(NCC3CCCO3)c2[N+](=O)[O-])cc1. The van der Waals surface area contributed by atoms with E-state index in [0.717, 1.165) is 12.8 Å². The maximum Gasteiger partial charge on any atom is 0.353 e. The van der Waals surface area contributed by atoms with Gasteiger partial charge in [-0.15, -0.1) is 0 Å². The molecule has 2 heterocycles. The monoisotopic (exact) mass is 450 g/mol. The van der Waals surface area contributed by atoms with Crippen molar-refractivity contribution in [1.82, 2.24) is 14.3 Å². The van der Waals surface area contributed by atoms with Gasteiger partial charge < -0.3 is 15.4 Å². The van der Waals surface area contributed by atoms with Gasteiger partial charge in [0.25, 0.3) is 0 Å². The number of nitro groups is 1. The summed E-state index contributed by atoms with van der Waals surface area (Å²) < 4.78 is 32.1. The predicted molar refractivity (Wildman–Crippen MR) is 116 cm³/mol. The van der Waals surface area contributed by atoms with Gasteiger partial charge in [-0.25, -0.2) is 18.4 Å². The maximum absolute atomic E-state index is 12.6. The number of benzene rings is 1. The number of hydrogen-bond donors (Lipinski definition) is 2. The highest BCUT2D eigenvalue weighted by molar-refractivity contribution is 7.89. The van der Waals surface area contributed by atoms with Crippen molar-refractivity contribution in [2.75, 3.05) is 36.9 Å². The Labute approximate surface area is 181 Å². The lowest BCUT2D eigenvalue weighted by Gasteiger charge is -2.18. The Kier molecular flexibility index (Phi) is 7.36. The van der Waals surface area contributed by atoms with E-state index in [1.165, 1.54) is 22.8 Å². The second-order valence-corrected chi connectivity index (χ2v) is 8.87. The molecule has 0 radical (unpaired) electrons. The van der Waals surface area contributed by atoms with Crippen LogP contribution >= 0.6 is 0 Å². The largest absolute Gasteiger partial charge is 0.376 e. The molecule has 31 heavy (non-hydrogen) atoms. The molecule has 1 aromatic carbocycles. The van der Waals surface area contributed by atoms with Gasteiger partial charge in [0.05, 0.1) is 15.9 Å². The van der Waals surface area contributed by atoms with Crippen LogP contribution in [0.2, 0.25) is 0 Å². The molecular weight excluding hydrogens is 424 g/mol. The zero-order valence-electron chi connectivity index (χ0n) is 17.4. The molecule has 1 aliphatic heterocycles. The summed E-state index contributed by atoms with van der Waals surface area (Å²) in [5, 5.41) is 17.5. The minimum Gasteiger partial charge on any atom is -0.376 e. The first-order valence-electron chi connectivity index (χ1n) is 10.1. The van der Waals surface area contributed by atoms with Crippen LogP contribution in [-0.2, 0) is 14.8 Å². The third-order valence-electron chi connectivity index (χ3n) is 4.99. The van der Waals surface area contributed by atoms with E-state index in [1.54, 1.807) is 26.0 Å². The van der Waals surface area contributed by atoms with Gasteiger partial charge >= 0.3 is 5.69 Å². The number of hydrogen-bond acceptors (Lipinski definition) is 9. The lowest BCUT2D eigenvalue weighted by molar-refractivity contribution is -0.383. The summed E-state index contributed by atoms with van der Waals surface area (Å²) in [5.41, 5.74) is 0.172. The summed E-state index contributed by atoms with van der Waals surface area (Å²) in [6, 6.07) is 6.00. The Morgan fingerprint density at radius 3 is 2.45 bits per heavy atom. The van der Waals surface area contributed by atoms with Gasteiger partial charge in [-0.3, -0.25) is 10.1 Å². The summed E-state index contributed by atoms with van der Waals surface area (Å²) in [7, 11) is -3.58. The van der Waals surface area contributed by atoms with Crippen LogP contribution in [0.5, 0.6) is 0 Å². The van der Waals surface area contributed by atoms with E-state index in [-0.39, 0.29) is 28.3 Å². The van der Waals surface area contributed by atoms with E-state index in [9.17, 15) is 18.5 Å². The number of rotatable bonds is 10. The molecule has 12 heteroatoms. The molecule has 1 aromatic heterocycles. The van der Waals surface area contributed by atoms with Gasteiger partial charge in [0.1, 0.15) is 6.33 Å². The van der Waals surface area contributed by atoms with Gasteiger partial charge in [0.2, 0.25) is 21.7 Å². The highest BCUT2D eigenvalue weighted by Gasteiger charge is 2.25. The minimum absolute atomic E-state index is 0.00808. The normalized spacial score (nSPS) is 16.4. The van der Waals surface area contributed by atoms with Gasteiger partial charge in [0, 0.05) is 31.9 Å². The highest BCUT2D eigenvalue weighted by atomic mass is 32.2. The van der Waals surface area contributed by atoms with Crippen molar-refractivity contribution in [2.45, 2.75) is 37.7 Å². The van der Waals surface area contributed by atoms with E-state index in [2.05, 4.69) is 20.6 Å². The molecule has 3 rings (SSSR count). The quantitative estimate of drug-likeness (QED) is 0.413. The summed E-state index contributed by atoms with van der Waals surface area (Å²) >= 11 is 0. The van der Waals surface area contributed by atoms with E-state index in [4.69, 9.17) is 4.74 Å². The Balaban J connectivity index is 1.80. The van der Waals surface area contributed by atoms with Gasteiger partial charge in [-0.05, 0) is 37.1 Å². The van der Waals surface area contributed by atoms with Crippen LogP contribution in [0.15, 0.2) is 35.5 Å². The summed E-state index contributed by atoms with van der Waals surface area (Å²) in [6.07, 6.45) is 3.07. The third-order valence-corrected chi connectivity index (χ3v) is 7.05. The van der Waals surface area contributed by atoms with Crippen LogP contribution in [0.25, 0.3) is 0 Å². The summed E-state index contributed by atoms with van der Waals surface area (Å²) in [5.74, 6) is 0.105. The average Bonchev–Trinajstić information content (AvgIpc) is 3.27. The molecule has 1 fully saturated rings. The van der Waals surface area contributed by atoms with Crippen LogP contribution < -0.4 is 10.6 Å². The average molecular weight is 451 g/mol.